The minimum absolute atomic E-state index is 0.0357. The number of ketones is 1. The van der Waals surface area contributed by atoms with Crippen molar-refractivity contribution in [2.24, 2.45) is 5.14 Å². The summed E-state index contributed by atoms with van der Waals surface area (Å²) >= 11 is 0. The van der Waals surface area contributed by atoms with Crippen LogP contribution in [0, 0.1) is 0 Å². The Hall–Kier alpha value is -3.33. The number of rotatable bonds is 8. The molecule has 0 aromatic heterocycles. The molecular formula is C24H25N3O4S. The van der Waals surface area contributed by atoms with Crippen LogP contribution in [0.3, 0.4) is 0 Å². The van der Waals surface area contributed by atoms with Crippen LogP contribution in [0.15, 0.2) is 83.8 Å². The number of nitrogens with one attached hydrogen (secondary N) is 1. The third-order valence-electron chi connectivity index (χ3n) is 5.23. The van der Waals surface area contributed by atoms with E-state index in [0.29, 0.717) is 16.8 Å². The van der Waals surface area contributed by atoms with E-state index < -0.39 is 10.0 Å². The van der Waals surface area contributed by atoms with E-state index in [1.54, 1.807) is 67.7 Å². The Labute approximate surface area is 187 Å². The summed E-state index contributed by atoms with van der Waals surface area (Å²) < 4.78 is 22.8. The number of primary sulfonamides is 1. The van der Waals surface area contributed by atoms with E-state index in [1.807, 2.05) is 17.9 Å². The maximum atomic E-state index is 12.8. The average molecular weight is 452 g/mol. The lowest BCUT2D eigenvalue weighted by Gasteiger charge is -2.25. The number of hydrogen-bond acceptors (Lipinski definition) is 5. The first-order chi connectivity index (χ1) is 15.2. The Morgan fingerprint density at radius 3 is 2.16 bits per heavy atom. The number of carbonyl (C=O) groups excluding carboxylic acids is 2. The van der Waals surface area contributed by atoms with Gasteiger partial charge in [-0.2, -0.15) is 0 Å². The van der Waals surface area contributed by atoms with Crippen LogP contribution in [0.4, 0.5) is 5.69 Å². The predicted octanol–water partition coefficient (Wildman–Crippen LogP) is 3.20. The summed E-state index contributed by atoms with van der Waals surface area (Å²) in [6, 6.07) is 21.9. The van der Waals surface area contributed by atoms with Gasteiger partial charge in [0, 0.05) is 17.2 Å². The van der Waals surface area contributed by atoms with E-state index in [2.05, 4.69) is 5.32 Å². The van der Waals surface area contributed by atoms with E-state index in [-0.39, 0.29) is 29.2 Å². The van der Waals surface area contributed by atoms with Crippen LogP contribution in [-0.4, -0.2) is 38.6 Å². The van der Waals surface area contributed by atoms with Gasteiger partial charge in [-0.05, 0) is 43.8 Å². The molecule has 1 atom stereocenters. The first-order valence-electron chi connectivity index (χ1n) is 9.98. The summed E-state index contributed by atoms with van der Waals surface area (Å²) in [6.45, 7) is 1.98. The quantitative estimate of drug-likeness (QED) is 0.511. The second kappa shape index (κ2) is 9.86. The third kappa shape index (κ3) is 5.67. The average Bonchev–Trinajstić information content (AvgIpc) is 2.78. The number of amides is 1. The monoisotopic (exact) mass is 451 g/mol. The molecule has 7 nitrogen and oxygen atoms in total. The van der Waals surface area contributed by atoms with Gasteiger partial charge in [-0.25, -0.2) is 13.6 Å². The summed E-state index contributed by atoms with van der Waals surface area (Å²) in [4.78, 5) is 27.4. The highest BCUT2D eigenvalue weighted by atomic mass is 32.2. The standard InChI is InChI=1S/C24H25N3O4S/c1-17(18-12-14-20(15-13-18)32(25,30)31)27(2)16-23(28)26-22-11-7-6-10-21(22)24(29)19-8-4-3-5-9-19/h3-15,17H,16H2,1-2H3,(H,26,28)(H2,25,30,31). The topological polar surface area (TPSA) is 110 Å². The van der Waals surface area contributed by atoms with Gasteiger partial charge in [-0.3, -0.25) is 14.5 Å². The zero-order valence-corrected chi connectivity index (χ0v) is 18.7. The van der Waals surface area contributed by atoms with Crippen molar-refractivity contribution in [3.05, 3.63) is 95.6 Å². The number of nitrogens with zero attached hydrogens (tertiary/aromatic N) is 1. The van der Waals surface area contributed by atoms with Crippen LogP contribution >= 0.6 is 0 Å². The van der Waals surface area contributed by atoms with Crippen LogP contribution in [0.25, 0.3) is 0 Å². The normalized spacial score (nSPS) is 12.4. The molecule has 0 spiro atoms. The fourth-order valence-corrected chi connectivity index (χ4v) is 3.79. The molecule has 0 heterocycles. The second-order valence-corrected chi connectivity index (χ2v) is 9.06. The zero-order chi connectivity index (χ0) is 23.3. The van der Waals surface area contributed by atoms with Crippen molar-refractivity contribution in [3.8, 4) is 0 Å². The Morgan fingerprint density at radius 1 is 0.938 bits per heavy atom. The molecule has 0 fully saturated rings. The van der Waals surface area contributed by atoms with E-state index in [9.17, 15) is 18.0 Å². The number of sulfonamides is 1. The van der Waals surface area contributed by atoms with E-state index in [4.69, 9.17) is 5.14 Å². The molecule has 32 heavy (non-hydrogen) atoms. The number of para-hydroxylation sites is 1. The van der Waals surface area contributed by atoms with E-state index in [1.165, 1.54) is 12.1 Å². The largest absolute Gasteiger partial charge is 0.324 e. The summed E-state index contributed by atoms with van der Waals surface area (Å²) in [7, 11) is -1.97. The lowest BCUT2D eigenvalue weighted by atomic mass is 10.0. The minimum atomic E-state index is -3.76. The molecule has 0 saturated carbocycles. The van der Waals surface area contributed by atoms with Crippen LogP contribution in [0.5, 0.6) is 0 Å². The summed E-state index contributed by atoms with van der Waals surface area (Å²) in [6.07, 6.45) is 0. The SMILES string of the molecule is CC(c1ccc(S(N)(=O)=O)cc1)N(C)CC(=O)Nc1ccccc1C(=O)c1ccccc1. The third-order valence-corrected chi connectivity index (χ3v) is 6.16. The number of benzene rings is 3. The summed E-state index contributed by atoms with van der Waals surface area (Å²) in [5.74, 6) is -0.438. The molecule has 3 aromatic carbocycles. The number of likely N-dealkylation sites (N-methyl/N-ethyl adjacent to an activating group) is 1. The molecule has 0 bridgehead atoms. The van der Waals surface area contributed by atoms with Gasteiger partial charge in [0.2, 0.25) is 15.9 Å². The van der Waals surface area contributed by atoms with Crippen molar-refractivity contribution in [1.82, 2.24) is 4.90 Å². The molecule has 0 saturated heterocycles. The van der Waals surface area contributed by atoms with Crippen LogP contribution in [0.2, 0.25) is 0 Å². The Balaban J connectivity index is 1.69. The number of carbonyl (C=O) groups is 2. The van der Waals surface area contributed by atoms with Gasteiger partial charge in [0.25, 0.3) is 0 Å². The highest BCUT2D eigenvalue weighted by Crippen LogP contribution is 2.22. The van der Waals surface area contributed by atoms with Crippen LogP contribution in [0.1, 0.15) is 34.5 Å². The van der Waals surface area contributed by atoms with Crippen molar-refractivity contribution in [2.75, 3.05) is 18.9 Å². The lowest BCUT2D eigenvalue weighted by Crippen LogP contribution is -2.32. The fraction of sp³-hybridized carbons (Fsp3) is 0.167. The lowest BCUT2D eigenvalue weighted by molar-refractivity contribution is -0.117. The smallest absolute Gasteiger partial charge is 0.238 e. The first-order valence-corrected chi connectivity index (χ1v) is 11.5. The van der Waals surface area contributed by atoms with Gasteiger partial charge in [0.05, 0.1) is 17.1 Å². The van der Waals surface area contributed by atoms with Gasteiger partial charge in [0.15, 0.2) is 5.78 Å². The van der Waals surface area contributed by atoms with Gasteiger partial charge < -0.3 is 5.32 Å². The number of hydrogen-bond donors (Lipinski definition) is 2. The van der Waals surface area contributed by atoms with Crippen molar-refractivity contribution >= 4 is 27.4 Å². The molecule has 3 N–H and O–H groups in total. The Kier molecular flexibility index (Phi) is 7.19. The number of anilines is 1. The van der Waals surface area contributed by atoms with Crippen molar-refractivity contribution in [2.45, 2.75) is 17.9 Å². The molecular weight excluding hydrogens is 426 g/mol. The molecule has 3 rings (SSSR count). The fourth-order valence-electron chi connectivity index (χ4n) is 3.28. The maximum Gasteiger partial charge on any atom is 0.238 e. The molecule has 0 aliphatic carbocycles. The molecule has 0 radical (unpaired) electrons. The molecule has 8 heteroatoms. The van der Waals surface area contributed by atoms with Gasteiger partial charge in [-0.1, -0.05) is 54.6 Å². The minimum Gasteiger partial charge on any atom is -0.324 e. The molecule has 1 unspecified atom stereocenters. The molecule has 0 aliphatic rings. The molecule has 1 amide bonds. The van der Waals surface area contributed by atoms with Crippen molar-refractivity contribution < 1.29 is 18.0 Å². The van der Waals surface area contributed by atoms with Gasteiger partial charge in [0.1, 0.15) is 0 Å². The Morgan fingerprint density at radius 2 is 1.53 bits per heavy atom. The van der Waals surface area contributed by atoms with E-state index >= 15 is 0 Å². The second-order valence-electron chi connectivity index (χ2n) is 7.49. The Bertz CT molecular complexity index is 1210. The summed E-state index contributed by atoms with van der Waals surface area (Å²) in [5, 5.41) is 7.97. The predicted molar refractivity (Wildman–Crippen MR) is 124 cm³/mol. The highest BCUT2D eigenvalue weighted by molar-refractivity contribution is 7.89. The molecule has 0 aliphatic heterocycles. The number of nitrogens with two attached hydrogens (primary N) is 1. The van der Waals surface area contributed by atoms with Gasteiger partial charge >= 0.3 is 0 Å². The summed E-state index contributed by atoms with van der Waals surface area (Å²) in [5.41, 5.74) is 2.25. The highest BCUT2D eigenvalue weighted by Gasteiger charge is 2.18. The van der Waals surface area contributed by atoms with Crippen molar-refractivity contribution in [1.29, 1.82) is 0 Å². The zero-order valence-electron chi connectivity index (χ0n) is 17.9. The van der Waals surface area contributed by atoms with Crippen LogP contribution < -0.4 is 10.5 Å². The van der Waals surface area contributed by atoms with Crippen molar-refractivity contribution in [3.63, 3.8) is 0 Å². The molecule has 166 valence electrons. The molecule has 3 aromatic rings. The van der Waals surface area contributed by atoms with Crippen LogP contribution in [-0.2, 0) is 14.8 Å². The maximum absolute atomic E-state index is 12.8. The van der Waals surface area contributed by atoms with E-state index in [0.717, 1.165) is 5.56 Å². The van der Waals surface area contributed by atoms with Gasteiger partial charge in [-0.15, -0.1) is 0 Å². The first kappa shape index (κ1) is 23.3.